The number of carboxylic acid groups (broad SMARTS) is 1. The van der Waals surface area contributed by atoms with Crippen molar-refractivity contribution in [2.24, 2.45) is 0 Å². The lowest BCUT2D eigenvalue weighted by molar-refractivity contribution is -0.149. The van der Waals surface area contributed by atoms with E-state index in [0.717, 1.165) is 6.21 Å². The van der Waals surface area contributed by atoms with Gasteiger partial charge in [0, 0.05) is 13.1 Å². The molecule has 0 unspecified atom stereocenters. The fourth-order valence-corrected chi connectivity index (χ4v) is 1.77. The second-order valence-electron chi connectivity index (χ2n) is 4.15. The van der Waals surface area contributed by atoms with E-state index in [1.54, 1.807) is 0 Å². The third kappa shape index (κ3) is 4.15. The molecule has 8 heteroatoms. The Bertz CT molecular complexity index is 370. The number of piperidine rings is 1. The Hall–Kier alpha value is -1.92. The first-order valence-corrected chi connectivity index (χ1v) is 5.48. The third-order valence-electron chi connectivity index (χ3n) is 2.84. The standard InChI is InChI=1S/C10H15N3O5/c11-12-3-6-18-8(14)7-10(17)1-4-13(5-2-10)9(15)16/h3,17H,1-2,4-7H2,(H,15,16). The van der Waals surface area contributed by atoms with Crippen molar-refractivity contribution in [1.82, 2.24) is 4.90 Å². The summed E-state index contributed by atoms with van der Waals surface area (Å²) < 4.78 is 4.69. The molecule has 1 amide bonds. The van der Waals surface area contributed by atoms with Crippen molar-refractivity contribution in [3.05, 3.63) is 5.53 Å². The largest absolute Gasteiger partial charge is 0.465 e. The molecular formula is C10H15N3O5. The van der Waals surface area contributed by atoms with E-state index in [1.165, 1.54) is 4.90 Å². The summed E-state index contributed by atoms with van der Waals surface area (Å²) in [6.07, 6.45) is 0.179. The van der Waals surface area contributed by atoms with Gasteiger partial charge >= 0.3 is 12.1 Å². The first-order chi connectivity index (χ1) is 8.47. The summed E-state index contributed by atoms with van der Waals surface area (Å²) in [5.41, 5.74) is 6.88. The summed E-state index contributed by atoms with van der Waals surface area (Å²) in [6.45, 7) is 0.223. The highest BCUT2D eigenvalue weighted by Gasteiger charge is 2.36. The lowest BCUT2D eigenvalue weighted by Crippen LogP contribution is -2.47. The Kier molecular flexibility index (Phi) is 4.82. The minimum Gasteiger partial charge on any atom is -0.465 e. The highest BCUT2D eigenvalue weighted by molar-refractivity contribution is 5.72. The van der Waals surface area contributed by atoms with Gasteiger partial charge in [-0.3, -0.25) is 4.79 Å². The lowest BCUT2D eigenvalue weighted by atomic mass is 9.88. The van der Waals surface area contributed by atoms with Crippen LogP contribution in [0, 0.1) is 0 Å². The van der Waals surface area contributed by atoms with Crippen LogP contribution in [0.2, 0.25) is 0 Å². The number of hydrogen-bond acceptors (Lipinski definition) is 4. The van der Waals surface area contributed by atoms with Crippen LogP contribution in [0.3, 0.4) is 0 Å². The van der Waals surface area contributed by atoms with E-state index in [4.69, 9.17) is 10.6 Å². The number of ether oxygens (including phenoxy) is 1. The molecule has 0 radical (unpaired) electrons. The van der Waals surface area contributed by atoms with Gasteiger partial charge in [0.2, 0.25) is 0 Å². The van der Waals surface area contributed by atoms with Gasteiger partial charge in [-0.1, -0.05) is 0 Å². The van der Waals surface area contributed by atoms with Crippen LogP contribution in [0.15, 0.2) is 0 Å². The van der Waals surface area contributed by atoms with Crippen LogP contribution in [0.25, 0.3) is 5.53 Å². The van der Waals surface area contributed by atoms with Gasteiger partial charge in [-0.2, -0.15) is 4.79 Å². The third-order valence-corrected chi connectivity index (χ3v) is 2.84. The molecule has 1 fully saturated rings. The van der Waals surface area contributed by atoms with Gasteiger partial charge in [-0.05, 0) is 12.8 Å². The Balaban J connectivity index is 2.40. The number of amides is 1. The van der Waals surface area contributed by atoms with Gasteiger partial charge in [-0.15, -0.1) is 0 Å². The summed E-state index contributed by atoms with van der Waals surface area (Å²) in [7, 11) is 0. The molecule has 100 valence electrons. The van der Waals surface area contributed by atoms with Crippen LogP contribution in [0.1, 0.15) is 19.3 Å². The average molecular weight is 257 g/mol. The Morgan fingerprint density at radius 1 is 1.44 bits per heavy atom. The van der Waals surface area contributed by atoms with Crippen LogP contribution in [0.5, 0.6) is 0 Å². The summed E-state index contributed by atoms with van der Waals surface area (Å²) in [6, 6.07) is 0. The van der Waals surface area contributed by atoms with Gasteiger partial charge in [-0.25, -0.2) is 4.79 Å². The minimum absolute atomic E-state index is 0.160. The zero-order valence-electron chi connectivity index (χ0n) is 9.78. The molecule has 0 aliphatic carbocycles. The van der Waals surface area contributed by atoms with Crippen LogP contribution in [-0.2, 0) is 9.53 Å². The Labute approximate surface area is 103 Å². The maximum absolute atomic E-state index is 11.4. The van der Waals surface area contributed by atoms with Crippen LogP contribution in [0.4, 0.5) is 4.79 Å². The summed E-state index contributed by atoms with van der Waals surface area (Å²) in [5, 5.41) is 18.8. The number of carbonyl (C=O) groups excluding carboxylic acids is 1. The first kappa shape index (κ1) is 14.1. The number of hydrogen-bond donors (Lipinski definition) is 2. The molecule has 2 N–H and O–H groups in total. The van der Waals surface area contributed by atoms with Gasteiger partial charge in [0.25, 0.3) is 6.21 Å². The lowest BCUT2D eigenvalue weighted by Gasteiger charge is -2.36. The van der Waals surface area contributed by atoms with E-state index in [-0.39, 0.29) is 39.0 Å². The molecule has 0 aromatic heterocycles. The van der Waals surface area contributed by atoms with Crippen LogP contribution < -0.4 is 0 Å². The molecular weight excluding hydrogens is 242 g/mol. The predicted molar refractivity (Wildman–Crippen MR) is 59.0 cm³/mol. The average Bonchev–Trinajstić information content (AvgIpc) is 2.29. The van der Waals surface area contributed by atoms with Gasteiger partial charge in [0.05, 0.1) is 12.0 Å². The van der Waals surface area contributed by atoms with Crippen molar-refractivity contribution >= 4 is 18.3 Å². The van der Waals surface area contributed by atoms with Crippen molar-refractivity contribution in [3.8, 4) is 0 Å². The number of nitrogens with zero attached hydrogens (tertiary/aromatic N) is 3. The molecule has 1 aliphatic rings. The molecule has 1 saturated heterocycles. The minimum atomic E-state index is -1.22. The van der Waals surface area contributed by atoms with Crippen molar-refractivity contribution in [1.29, 1.82) is 0 Å². The number of esters is 1. The topological polar surface area (TPSA) is 123 Å². The number of carbonyl (C=O) groups is 2. The Morgan fingerprint density at radius 2 is 2.06 bits per heavy atom. The van der Waals surface area contributed by atoms with Gasteiger partial charge < -0.3 is 25.4 Å². The predicted octanol–water partition coefficient (Wildman–Crippen LogP) is -0.275. The summed E-state index contributed by atoms with van der Waals surface area (Å²) in [5.74, 6) is -0.610. The van der Waals surface area contributed by atoms with E-state index < -0.39 is 17.7 Å². The maximum atomic E-state index is 11.4. The van der Waals surface area contributed by atoms with Crippen molar-refractivity contribution in [2.75, 3.05) is 19.7 Å². The molecule has 18 heavy (non-hydrogen) atoms. The van der Waals surface area contributed by atoms with E-state index in [0.29, 0.717) is 0 Å². The second kappa shape index (κ2) is 6.13. The fraction of sp³-hybridized carbons (Fsp3) is 0.700. The van der Waals surface area contributed by atoms with Gasteiger partial charge in [0.1, 0.15) is 0 Å². The second-order valence-corrected chi connectivity index (χ2v) is 4.15. The highest BCUT2D eigenvalue weighted by Crippen LogP contribution is 2.26. The zero-order valence-corrected chi connectivity index (χ0v) is 9.78. The van der Waals surface area contributed by atoms with Crippen molar-refractivity contribution in [2.45, 2.75) is 24.9 Å². The maximum Gasteiger partial charge on any atom is 0.407 e. The van der Waals surface area contributed by atoms with Crippen LogP contribution in [-0.4, -0.2) is 63.5 Å². The van der Waals surface area contributed by atoms with E-state index in [2.05, 4.69) is 9.53 Å². The quantitative estimate of drug-likeness (QED) is 0.310. The Morgan fingerprint density at radius 3 is 2.56 bits per heavy atom. The monoisotopic (exact) mass is 257 g/mol. The van der Waals surface area contributed by atoms with Gasteiger partial charge in [0.15, 0.2) is 6.61 Å². The molecule has 0 aromatic carbocycles. The van der Waals surface area contributed by atoms with E-state index >= 15 is 0 Å². The number of aliphatic hydroxyl groups is 1. The summed E-state index contributed by atoms with van der Waals surface area (Å²) >= 11 is 0. The normalized spacial score (nSPS) is 17.7. The molecule has 1 aliphatic heterocycles. The number of likely N-dealkylation sites (tertiary alicyclic amines) is 1. The van der Waals surface area contributed by atoms with Crippen molar-refractivity contribution in [3.63, 3.8) is 0 Å². The molecule has 0 spiro atoms. The van der Waals surface area contributed by atoms with E-state index in [9.17, 15) is 14.7 Å². The zero-order chi connectivity index (χ0) is 13.6. The number of rotatable bonds is 4. The molecule has 8 nitrogen and oxygen atoms in total. The fourth-order valence-electron chi connectivity index (χ4n) is 1.77. The SMILES string of the molecule is [N-]=[N+]=CCOC(=O)CC1(O)CCN(C(=O)O)CC1. The van der Waals surface area contributed by atoms with Crippen molar-refractivity contribution < 1.29 is 29.3 Å². The smallest absolute Gasteiger partial charge is 0.407 e. The molecule has 0 saturated carbocycles. The molecule has 1 heterocycles. The molecule has 0 aromatic rings. The highest BCUT2D eigenvalue weighted by atomic mass is 16.5. The first-order valence-electron chi connectivity index (χ1n) is 5.48. The molecule has 0 atom stereocenters. The summed E-state index contributed by atoms with van der Waals surface area (Å²) in [4.78, 5) is 25.9. The van der Waals surface area contributed by atoms with Crippen LogP contribution >= 0.6 is 0 Å². The molecule has 0 bridgehead atoms. The van der Waals surface area contributed by atoms with E-state index in [1.807, 2.05) is 0 Å². The molecule has 1 rings (SSSR count).